The van der Waals surface area contributed by atoms with E-state index in [1.54, 1.807) is 34.9 Å². The zero-order valence-electron chi connectivity index (χ0n) is 16.8. The Morgan fingerprint density at radius 2 is 1.68 bits per heavy atom. The molecule has 0 amide bonds. The van der Waals surface area contributed by atoms with Crippen LogP contribution in [0.2, 0.25) is 10.2 Å². The van der Waals surface area contributed by atoms with Crippen LogP contribution in [0.4, 0.5) is 0 Å². The molecule has 1 aromatic heterocycles. The second kappa shape index (κ2) is 10.4. The number of carboxylic acid groups (broad SMARTS) is 1. The predicted molar refractivity (Wildman–Crippen MR) is 125 cm³/mol. The summed E-state index contributed by atoms with van der Waals surface area (Å²) >= 11 is 12.7. The number of ether oxygens (including phenoxy) is 1. The van der Waals surface area contributed by atoms with Gasteiger partial charge in [-0.3, -0.25) is 0 Å². The summed E-state index contributed by atoms with van der Waals surface area (Å²) in [6.07, 6.45) is 0. The number of halogens is 2. The minimum atomic E-state index is -1.00. The van der Waals surface area contributed by atoms with Gasteiger partial charge >= 0.3 is 5.97 Å². The molecule has 1 heterocycles. The SMILES string of the molecule is O=C(O)c1cccc(-n2c(Cl)ccc2-c2cc(Cl)ccc2OCc2ccccc2)c1.[Na]. The van der Waals surface area contributed by atoms with Crippen molar-refractivity contribution >= 4 is 58.7 Å². The molecule has 0 spiro atoms. The third-order valence-corrected chi connectivity index (χ3v) is 5.17. The average Bonchev–Trinajstić information content (AvgIpc) is 3.15. The first kappa shape index (κ1) is 23.5. The maximum atomic E-state index is 11.4. The van der Waals surface area contributed by atoms with E-state index in [-0.39, 0.29) is 35.1 Å². The normalized spacial score (nSPS) is 10.4. The van der Waals surface area contributed by atoms with E-state index in [0.717, 1.165) is 16.8 Å². The summed E-state index contributed by atoms with van der Waals surface area (Å²) in [4.78, 5) is 11.4. The molecule has 0 atom stereocenters. The summed E-state index contributed by atoms with van der Waals surface area (Å²) in [5.74, 6) is -0.357. The van der Waals surface area contributed by atoms with Crippen LogP contribution in [0.5, 0.6) is 5.75 Å². The number of benzene rings is 3. The van der Waals surface area contributed by atoms with Crippen LogP contribution >= 0.6 is 23.2 Å². The summed E-state index contributed by atoms with van der Waals surface area (Å²) in [6.45, 7) is 0.401. The molecule has 7 heteroatoms. The van der Waals surface area contributed by atoms with Crippen molar-refractivity contribution < 1.29 is 14.6 Å². The van der Waals surface area contributed by atoms with Gasteiger partial charge in [0.2, 0.25) is 0 Å². The molecule has 151 valence electrons. The van der Waals surface area contributed by atoms with Gasteiger partial charge in [-0.25, -0.2) is 4.79 Å². The Bertz CT molecular complexity index is 1210. The predicted octanol–water partition coefficient (Wildman–Crippen LogP) is 6.35. The monoisotopic (exact) mass is 460 g/mol. The van der Waals surface area contributed by atoms with Crippen LogP contribution in [0.3, 0.4) is 0 Å². The van der Waals surface area contributed by atoms with Gasteiger partial charge in [0.25, 0.3) is 0 Å². The molecule has 4 nitrogen and oxygen atoms in total. The third kappa shape index (κ3) is 5.35. The zero-order valence-corrected chi connectivity index (χ0v) is 20.3. The molecule has 0 fully saturated rings. The summed E-state index contributed by atoms with van der Waals surface area (Å²) in [5.41, 5.74) is 3.35. The van der Waals surface area contributed by atoms with E-state index >= 15 is 0 Å². The van der Waals surface area contributed by atoms with Gasteiger partial charge in [-0.15, -0.1) is 0 Å². The number of carbonyl (C=O) groups is 1. The van der Waals surface area contributed by atoms with Crippen LogP contribution < -0.4 is 4.74 Å². The van der Waals surface area contributed by atoms with Crippen molar-refractivity contribution in [1.82, 2.24) is 4.57 Å². The largest absolute Gasteiger partial charge is 0.488 e. The third-order valence-electron chi connectivity index (χ3n) is 4.64. The Hall–Kier alpha value is -2.21. The summed E-state index contributed by atoms with van der Waals surface area (Å²) in [6, 6.07) is 25.5. The summed E-state index contributed by atoms with van der Waals surface area (Å²) in [7, 11) is 0. The second-order valence-electron chi connectivity index (χ2n) is 6.65. The van der Waals surface area contributed by atoms with Gasteiger partial charge < -0.3 is 14.4 Å². The number of rotatable bonds is 6. The molecule has 3 aromatic carbocycles. The van der Waals surface area contributed by atoms with Gasteiger partial charge in [0.1, 0.15) is 17.5 Å². The van der Waals surface area contributed by atoms with Crippen molar-refractivity contribution in [3.05, 3.63) is 106 Å². The molecule has 1 N–H and O–H groups in total. The Morgan fingerprint density at radius 3 is 2.42 bits per heavy atom. The van der Waals surface area contributed by atoms with Crippen molar-refractivity contribution in [2.24, 2.45) is 0 Å². The Balaban J connectivity index is 0.00000272. The van der Waals surface area contributed by atoms with Crippen molar-refractivity contribution in [1.29, 1.82) is 0 Å². The van der Waals surface area contributed by atoms with Crippen LogP contribution in [0.1, 0.15) is 15.9 Å². The smallest absolute Gasteiger partial charge is 0.335 e. The van der Waals surface area contributed by atoms with Crippen molar-refractivity contribution in [3.63, 3.8) is 0 Å². The van der Waals surface area contributed by atoms with E-state index in [4.69, 9.17) is 27.9 Å². The van der Waals surface area contributed by atoms with Gasteiger partial charge in [-0.1, -0.05) is 59.6 Å². The van der Waals surface area contributed by atoms with E-state index in [0.29, 0.717) is 28.2 Å². The number of hydrogen-bond donors (Lipinski definition) is 1. The van der Waals surface area contributed by atoms with Gasteiger partial charge in [-0.05, 0) is 54.1 Å². The maximum absolute atomic E-state index is 11.4. The van der Waals surface area contributed by atoms with Crippen LogP contribution in [0.15, 0.2) is 84.9 Å². The summed E-state index contributed by atoms with van der Waals surface area (Å²) < 4.78 is 7.86. The fraction of sp³-hybridized carbons (Fsp3) is 0.0417. The maximum Gasteiger partial charge on any atom is 0.335 e. The van der Waals surface area contributed by atoms with E-state index in [2.05, 4.69) is 0 Å². The van der Waals surface area contributed by atoms with Crippen molar-refractivity contribution in [3.8, 4) is 22.7 Å². The number of aromatic nitrogens is 1. The van der Waals surface area contributed by atoms with Crippen LogP contribution in [0.25, 0.3) is 16.9 Å². The minimum Gasteiger partial charge on any atom is -0.488 e. The Kier molecular flexibility index (Phi) is 7.87. The molecule has 0 aliphatic heterocycles. The molecule has 0 saturated carbocycles. The molecule has 0 bridgehead atoms. The first-order valence-corrected chi connectivity index (χ1v) is 9.96. The fourth-order valence-electron chi connectivity index (χ4n) is 3.23. The van der Waals surface area contributed by atoms with E-state index < -0.39 is 5.97 Å². The van der Waals surface area contributed by atoms with Crippen LogP contribution in [-0.2, 0) is 6.61 Å². The first-order chi connectivity index (χ1) is 14.5. The van der Waals surface area contributed by atoms with Crippen molar-refractivity contribution in [2.45, 2.75) is 6.61 Å². The number of aromatic carboxylic acids is 1. The number of carboxylic acids is 1. The molecule has 0 unspecified atom stereocenters. The number of hydrogen-bond acceptors (Lipinski definition) is 2. The van der Waals surface area contributed by atoms with E-state index in [9.17, 15) is 9.90 Å². The Labute approximate surface area is 212 Å². The quantitative estimate of drug-likeness (QED) is 0.341. The van der Waals surface area contributed by atoms with E-state index in [1.807, 2.05) is 48.5 Å². The Morgan fingerprint density at radius 1 is 0.903 bits per heavy atom. The standard InChI is InChI=1S/C24H17Cl2NO3.Na/c25-18-9-11-22(30-15-16-5-2-1-3-6-16)20(14-18)21-10-12-23(26)27(21)19-8-4-7-17(13-19)24(28)29;/h1-14H,15H2,(H,28,29);. The van der Waals surface area contributed by atoms with Gasteiger partial charge in [0.05, 0.1) is 11.3 Å². The van der Waals surface area contributed by atoms with Crippen LogP contribution in [-0.4, -0.2) is 45.2 Å². The first-order valence-electron chi connectivity index (χ1n) is 9.20. The summed E-state index contributed by atoms with van der Waals surface area (Å²) in [5, 5.41) is 10.3. The molecular weight excluding hydrogens is 444 g/mol. The van der Waals surface area contributed by atoms with Gasteiger partial charge in [0, 0.05) is 45.8 Å². The van der Waals surface area contributed by atoms with Gasteiger partial charge in [-0.2, -0.15) is 0 Å². The number of nitrogens with zero attached hydrogens (tertiary/aromatic N) is 1. The topological polar surface area (TPSA) is 51.5 Å². The molecule has 4 rings (SSSR count). The zero-order chi connectivity index (χ0) is 21.1. The molecular formula is C24H17Cl2NNaO3. The fourth-order valence-corrected chi connectivity index (χ4v) is 3.65. The molecule has 31 heavy (non-hydrogen) atoms. The molecule has 0 aliphatic rings. The van der Waals surface area contributed by atoms with Crippen LogP contribution in [0, 0.1) is 0 Å². The second-order valence-corrected chi connectivity index (χ2v) is 7.47. The molecule has 1 radical (unpaired) electrons. The minimum absolute atomic E-state index is 0. The average molecular weight is 461 g/mol. The van der Waals surface area contributed by atoms with Crippen molar-refractivity contribution in [2.75, 3.05) is 0 Å². The molecule has 0 aliphatic carbocycles. The molecule has 4 aromatic rings. The van der Waals surface area contributed by atoms with Gasteiger partial charge in [0.15, 0.2) is 0 Å². The molecule has 0 saturated heterocycles. The van der Waals surface area contributed by atoms with E-state index in [1.165, 1.54) is 6.07 Å².